The summed E-state index contributed by atoms with van der Waals surface area (Å²) in [5.41, 5.74) is 16.9. The van der Waals surface area contributed by atoms with Gasteiger partial charge < -0.3 is 30.6 Å². The molecule has 0 heterocycles. The van der Waals surface area contributed by atoms with Gasteiger partial charge in [0.25, 0.3) is 0 Å². The molecule has 12 aliphatic rings. The Balaban J connectivity index is 0.000000144. The maximum absolute atomic E-state index is 10.3. The van der Waals surface area contributed by atoms with Crippen molar-refractivity contribution in [1.82, 2.24) is 0 Å². The molecule has 12 rings (SSSR count). The summed E-state index contributed by atoms with van der Waals surface area (Å²) < 4.78 is 0. The lowest BCUT2D eigenvalue weighted by molar-refractivity contribution is 0.0595. The van der Waals surface area contributed by atoms with Crippen molar-refractivity contribution in [2.45, 2.75) is 332 Å². The second kappa shape index (κ2) is 26.5. The van der Waals surface area contributed by atoms with Crippen LogP contribution >= 0.6 is 0 Å². The average molecular weight is 1200 g/mol. The van der Waals surface area contributed by atoms with Crippen molar-refractivity contribution >= 4 is 0 Å². The number of rotatable bonds is 16. The summed E-state index contributed by atoms with van der Waals surface area (Å²) >= 11 is 0. The molecule has 6 heteroatoms. The Kier molecular flexibility index (Phi) is 20.8. The molecular formula is C81H132O6. The molecule has 6 saturated carbocycles. The molecular weight excluding hydrogens is 1070 g/mol. The molecule has 20 atom stereocenters. The highest BCUT2D eigenvalue weighted by Crippen LogP contribution is 2.69. The van der Waals surface area contributed by atoms with Crippen LogP contribution in [-0.4, -0.2) is 67.3 Å². The van der Waals surface area contributed by atoms with Crippen LogP contribution in [0.4, 0.5) is 0 Å². The lowest BCUT2D eigenvalue weighted by atomic mass is 9.53. The molecule has 492 valence electrons. The van der Waals surface area contributed by atoms with Gasteiger partial charge in [-0.05, 0) is 275 Å². The molecule has 0 spiro atoms. The number of aliphatic hydroxyl groups excluding tert-OH is 5. The highest BCUT2D eigenvalue weighted by Gasteiger charge is 2.58. The fraction of sp³-hybridized carbons (Fsp3) is 0.852. The van der Waals surface area contributed by atoms with Gasteiger partial charge in [0.1, 0.15) is 0 Å². The lowest BCUT2D eigenvalue weighted by Gasteiger charge is -2.52. The van der Waals surface area contributed by atoms with Crippen molar-refractivity contribution in [3.05, 3.63) is 68.4 Å². The van der Waals surface area contributed by atoms with Gasteiger partial charge in [-0.25, -0.2) is 0 Å². The first-order valence-corrected chi connectivity index (χ1v) is 37.3. The highest BCUT2D eigenvalue weighted by molar-refractivity contribution is 5.46. The number of fused-ring (bicyclic) bond motifs is 12. The highest BCUT2D eigenvalue weighted by atomic mass is 16.3. The fourth-order valence-electron chi connectivity index (χ4n) is 23.7. The van der Waals surface area contributed by atoms with E-state index in [1.165, 1.54) is 114 Å². The molecule has 6 nitrogen and oxygen atoms in total. The van der Waals surface area contributed by atoms with E-state index in [4.69, 9.17) is 0 Å². The summed E-state index contributed by atoms with van der Waals surface area (Å²) in [5.74, 6) is 7.89. The summed E-state index contributed by atoms with van der Waals surface area (Å²) in [7, 11) is 0. The van der Waals surface area contributed by atoms with E-state index >= 15 is 0 Å². The summed E-state index contributed by atoms with van der Waals surface area (Å²) in [6, 6.07) is 0. The van der Waals surface area contributed by atoms with Crippen LogP contribution < -0.4 is 0 Å². The molecule has 0 aromatic carbocycles. The van der Waals surface area contributed by atoms with Gasteiger partial charge in [0, 0.05) is 22.9 Å². The standard InChI is InChI=1S/3C27H44O2/c1-17(2)25(29)11-6-18(3)22-9-10-23-21-8-7-19-16-20(28)12-14-26(19,4)24(21)13-15-27(22,23)5;1-18(7-6-14-25(2,3)29)22-10-11-23-21-9-8-19-17-20(28)12-15-26(19,4)24(21)13-16-27(22,23)5;1-18(17-28)6-5-7-19(2)23-10-11-24-22-9-8-20-16-21(29)12-14-26(20,3)25(22)13-15-27(23,24)4/h7,17-18,20,22-23,25,28-29H,6,8-16H2,1-5H3;8,18,20,22-23,28-29H,6-7,9-17H2,1-5H3;8,18-19,21,23-24,28-29H,5-7,9-17H2,1-4H3/t18?,20-,22?,23?,25?,26?,27?;18?,20-,22?,23?,26?,27?;18?,19?,21-,23?,24?,26?,27?/m000/s1. The molecule has 17 unspecified atom stereocenters. The van der Waals surface area contributed by atoms with Crippen LogP contribution in [0, 0.1) is 97.6 Å². The zero-order valence-electron chi connectivity index (χ0n) is 58.4. The SMILES string of the molecule is CC(C)C(O)CCC(C)C1CCC2C3=C(CCC21C)C1(C)CC[C@H](O)CC1=CC3.CC(CCCC(C)(C)O)C1CCC2C3=C(CCC21C)C1(C)CC[C@H](O)CC1=CC3.CC(CO)CCCC(C)C1CCC2C3=C(CCC21C)C1(C)CC[C@H](O)CC1=CC3. The van der Waals surface area contributed by atoms with E-state index in [9.17, 15) is 30.6 Å². The summed E-state index contributed by atoms with van der Waals surface area (Å²) in [4.78, 5) is 0. The van der Waals surface area contributed by atoms with Crippen LogP contribution in [-0.2, 0) is 0 Å². The number of hydrogen-bond acceptors (Lipinski definition) is 6. The van der Waals surface area contributed by atoms with Crippen LogP contribution in [0.2, 0.25) is 0 Å². The van der Waals surface area contributed by atoms with E-state index < -0.39 is 5.60 Å². The van der Waals surface area contributed by atoms with E-state index in [0.29, 0.717) is 40.6 Å². The Morgan fingerprint density at radius 3 is 1.14 bits per heavy atom. The lowest BCUT2D eigenvalue weighted by Crippen LogP contribution is -2.42. The fourth-order valence-corrected chi connectivity index (χ4v) is 23.7. The Hall–Kier alpha value is -1.80. The van der Waals surface area contributed by atoms with Gasteiger partial charge in [0.2, 0.25) is 0 Å². The van der Waals surface area contributed by atoms with Crippen molar-refractivity contribution in [2.24, 2.45) is 97.6 Å². The van der Waals surface area contributed by atoms with Gasteiger partial charge in [-0.3, -0.25) is 0 Å². The van der Waals surface area contributed by atoms with E-state index in [-0.39, 0.29) is 40.7 Å². The smallest absolute Gasteiger partial charge is 0.0591 e. The largest absolute Gasteiger partial charge is 0.396 e. The van der Waals surface area contributed by atoms with Gasteiger partial charge >= 0.3 is 0 Å². The summed E-state index contributed by atoms with van der Waals surface area (Å²) in [6.07, 6.45) is 44.8. The van der Waals surface area contributed by atoms with Crippen molar-refractivity contribution in [1.29, 1.82) is 0 Å². The third kappa shape index (κ3) is 13.1. The first-order chi connectivity index (χ1) is 41.0. The van der Waals surface area contributed by atoms with Crippen molar-refractivity contribution in [3.8, 4) is 0 Å². The van der Waals surface area contributed by atoms with Crippen LogP contribution in [0.3, 0.4) is 0 Å². The Morgan fingerprint density at radius 2 is 0.805 bits per heavy atom. The van der Waals surface area contributed by atoms with Crippen LogP contribution in [0.25, 0.3) is 0 Å². The zero-order chi connectivity index (χ0) is 62.8. The average Bonchev–Trinajstić information content (AvgIpc) is 1.73. The van der Waals surface area contributed by atoms with Crippen LogP contribution in [0.1, 0.15) is 302 Å². The Bertz CT molecular complexity index is 2620. The van der Waals surface area contributed by atoms with Gasteiger partial charge in [-0.2, -0.15) is 0 Å². The molecule has 0 amide bonds. The van der Waals surface area contributed by atoms with E-state index in [0.717, 1.165) is 150 Å². The van der Waals surface area contributed by atoms with Gasteiger partial charge in [-0.1, -0.05) is 177 Å². The second-order valence-corrected chi connectivity index (χ2v) is 35.5. The quantitative estimate of drug-likeness (QED) is 0.0857. The second-order valence-electron chi connectivity index (χ2n) is 35.5. The van der Waals surface area contributed by atoms with Gasteiger partial charge in [0.05, 0.1) is 30.0 Å². The number of hydrogen-bond donors (Lipinski definition) is 6. The van der Waals surface area contributed by atoms with Crippen molar-refractivity contribution in [3.63, 3.8) is 0 Å². The minimum atomic E-state index is -0.526. The Labute approximate surface area is 533 Å². The number of aliphatic hydroxyl groups is 6. The monoisotopic (exact) mass is 1200 g/mol. The third-order valence-electron chi connectivity index (χ3n) is 29.4. The van der Waals surface area contributed by atoms with E-state index in [2.05, 4.69) is 101 Å². The maximum atomic E-state index is 10.3. The summed E-state index contributed by atoms with van der Waals surface area (Å²) in [6.45, 7) is 33.4. The molecule has 12 aliphatic carbocycles. The molecule has 0 aromatic heterocycles. The molecule has 0 aliphatic heterocycles. The molecule has 6 N–H and O–H groups in total. The molecule has 87 heavy (non-hydrogen) atoms. The Morgan fingerprint density at radius 1 is 0.460 bits per heavy atom. The number of allylic oxidation sites excluding steroid dienone is 9. The molecule has 0 bridgehead atoms. The molecule has 0 radical (unpaired) electrons. The molecule has 0 saturated heterocycles. The van der Waals surface area contributed by atoms with E-state index in [1.54, 1.807) is 33.4 Å². The maximum Gasteiger partial charge on any atom is 0.0591 e. The predicted octanol–water partition coefficient (Wildman–Crippen LogP) is 19.4. The third-order valence-corrected chi connectivity index (χ3v) is 29.4. The van der Waals surface area contributed by atoms with Crippen molar-refractivity contribution < 1.29 is 30.6 Å². The topological polar surface area (TPSA) is 121 Å². The van der Waals surface area contributed by atoms with Crippen molar-refractivity contribution in [2.75, 3.05) is 6.61 Å². The van der Waals surface area contributed by atoms with Gasteiger partial charge in [-0.15, -0.1) is 0 Å². The normalized spacial score (nSPS) is 41.2. The molecule has 0 aromatic rings. The molecule has 6 fully saturated rings. The minimum Gasteiger partial charge on any atom is -0.396 e. The van der Waals surface area contributed by atoms with E-state index in [1.807, 2.05) is 19.4 Å². The minimum absolute atomic E-state index is 0.115. The zero-order valence-corrected chi connectivity index (χ0v) is 58.4. The first kappa shape index (κ1) is 68.1. The first-order valence-electron chi connectivity index (χ1n) is 37.3. The predicted molar refractivity (Wildman–Crippen MR) is 362 cm³/mol. The van der Waals surface area contributed by atoms with Gasteiger partial charge in [0.15, 0.2) is 0 Å². The van der Waals surface area contributed by atoms with Crippen LogP contribution in [0.5, 0.6) is 0 Å². The summed E-state index contributed by atoms with van der Waals surface area (Å²) in [5, 5.41) is 60.3. The van der Waals surface area contributed by atoms with Crippen LogP contribution in [0.15, 0.2) is 68.4 Å².